The van der Waals surface area contributed by atoms with Crippen molar-refractivity contribution in [1.82, 2.24) is 0 Å². The van der Waals surface area contributed by atoms with Crippen LogP contribution in [0.3, 0.4) is 0 Å². The van der Waals surface area contributed by atoms with Gasteiger partial charge in [0.15, 0.2) is 0 Å². The van der Waals surface area contributed by atoms with E-state index in [0.29, 0.717) is 5.69 Å². The third kappa shape index (κ3) is 4.59. The van der Waals surface area contributed by atoms with Gasteiger partial charge in [0.2, 0.25) is 10.0 Å². The highest BCUT2D eigenvalue weighted by atomic mass is 32.2. The van der Waals surface area contributed by atoms with Crippen molar-refractivity contribution in [3.8, 4) is 0 Å². The molecule has 0 aromatic heterocycles. The number of ether oxygens (including phenoxy) is 1. The summed E-state index contributed by atoms with van der Waals surface area (Å²) in [5.74, 6) is -0.578. The maximum absolute atomic E-state index is 13.2. The van der Waals surface area contributed by atoms with E-state index in [-0.39, 0.29) is 17.3 Å². The topological polar surface area (TPSA) is 101 Å². The molecule has 0 saturated heterocycles. The Morgan fingerprint density at radius 3 is 2.29 bits per heavy atom. The van der Waals surface area contributed by atoms with E-state index >= 15 is 0 Å². The monoisotopic (exact) mass is 577 g/mol. The van der Waals surface area contributed by atoms with E-state index in [1.807, 2.05) is 59.6 Å². The number of carbonyl (C=O) groups is 1. The Kier molecular flexibility index (Phi) is 7.22. The normalized spacial score (nSPS) is 17.5. The summed E-state index contributed by atoms with van der Waals surface area (Å²) >= 11 is 1.20. The molecule has 9 nitrogen and oxygen atoms in total. The number of rotatable bonds is 7. The molecule has 0 fully saturated rings. The van der Waals surface area contributed by atoms with Gasteiger partial charge in [-0.1, -0.05) is 79.7 Å². The lowest BCUT2D eigenvalue weighted by Crippen LogP contribution is -2.54. The fourth-order valence-corrected chi connectivity index (χ4v) is 6.42. The van der Waals surface area contributed by atoms with Crippen molar-refractivity contribution in [3.63, 3.8) is 0 Å². The van der Waals surface area contributed by atoms with Crippen LogP contribution in [0.4, 0.5) is 17.1 Å². The maximum atomic E-state index is 13.2. The molecular formula is C32H27N5O4S. The fraction of sp³-hybridized carbons (Fsp3) is 0.156. The van der Waals surface area contributed by atoms with Crippen LogP contribution in [-0.4, -0.2) is 28.3 Å². The average molecular weight is 578 g/mol. The molecule has 2 aliphatic heterocycles. The molecule has 0 N–H and O–H groups in total. The molecule has 10 heteroatoms. The molecule has 6 rings (SSSR count). The summed E-state index contributed by atoms with van der Waals surface area (Å²) in [4.78, 5) is 23.2. The maximum Gasteiger partial charge on any atom is 0.365 e. The Balaban J connectivity index is 1.63. The molecule has 4 aromatic carbocycles. The zero-order chi connectivity index (χ0) is 29.3. The highest BCUT2D eigenvalue weighted by Crippen LogP contribution is 2.55. The third-order valence-electron chi connectivity index (χ3n) is 7.11. The molecule has 2 heterocycles. The standard InChI is InChI=1S/C32H27N5O4S/c1-3-22-17-19-23(20-18-22)29-27-15-8-9-16-28(27)32(35(33-29)24-11-6-5-7-12-24)36(34-30(42-32)31(38)41-4-2)25-13-10-14-26(21-25)37(39)40/h5-21H,3-4H2,1-2H3/t32-/m0/s1. The largest absolute Gasteiger partial charge is 0.461 e. The Hall–Kier alpha value is -4.96. The number of nitro groups is 1. The number of fused-ring (bicyclic) bond motifs is 2. The summed E-state index contributed by atoms with van der Waals surface area (Å²) in [6.45, 7) is 4.03. The lowest BCUT2D eigenvalue weighted by atomic mass is 9.92. The van der Waals surface area contributed by atoms with Crippen molar-refractivity contribution >= 4 is 45.5 Å². The minimum Gasteiger partial charge on any atom is -0.461 e. The SMILES string of the molecule is CCOC(=O)C1=NN(c2cccc([N+](=O)[O-])c2)[C@]2(S1)c1ccccc1C(c1ccc(CC)cc1)=NN2c1ccccc1. The van der Waals surface area contributed by atoms with Gasteiger partial charge in [-0.2, -0.15) is 10.2 Å². The first-order valence-electron chi connectivity index (χ1n) is 13.6. The Bertz CT molecular complexity index is 1720. The van der Waals surface area contributed by atoms with Crippen LogP contribution < -0.4 is 10.0 Å². The minimum absolute atomic E-state index is 0.0944. The van der Waals surface area contributed by atoms with Crippen LogP contribution in [-0.2, 0) is 20.9 Å². The number of non-ortho nitro benzene ring substituents is 1. The van der Waals surface area contributed by atoms with Gasteiger partial charge >= 0.3 is 5.97 Å². The molecular weight excluding hydrogens is 550 g/mol. The second-order valence-corrected chi connectivity index (χ2v) is 10.8. The number of hydrogen-bond donors (Lipinski definition) is 0. The first kappa shape index (κ1) is 27.2. The van der Waals surface area contributed by atoms with Crippen molar-refractivity contribution in [3.05, 3.63) is 135 Å². The highest BCUT2D eigenvalue weighted by Gasteiger charge is 2.56. The van der Waals surface area contributed by atoms with Crippen LogP contribution in [0, 0.1) is 10.1 Å². The van der Waals surface area contributed by atoms with Crippen molar-refractivity contribution < 1.29 is 14.5 Å². The van der Waals surface area contributed by atoms with Crippen LogP contribution in [0.5, 0.6) is 0 Å². The number of thioether (sulfide) groups is 1. The predicted molar refractivity (Wildman–Crippen MR) is 166 cm³/mol. The Morgan fingerprint density at radius 2 is 1.57 bits per heavy atom. The van der Waals surface area contributed by atoms with E-state index in [9.17, 15) is 14.9 Å². The molecule has 0 radical (unpaired) electrons. The van der Waals surface area contributed by atoms with Gasteiger partial charge in [-0.15, -0.1) is 0 Å². The molecule has 42 heavy (non-hydrogen) atoms. The van der Waals surface area contributed by atoms with Gasteiger partial charge in [-0.05, 0) is 48.9 Å². The van der Waals surface area contributed by atoms with Crippen LogP contribution in [0.2, 0.25) is 0 Å². The molecule has 0 aliphatic carbocycles. The molecule has 1 spiro atoms. The Morgan fingerprint density at radius 1 is 0.881 bits per heavy atom. The van der Waals surface area contributed by atoms with E-state index in [4.69, 9.17) is 14.9 Å². The fourth-order valence-electron chi connectivity index (χ4n) is 5.13. The molecule has 0 unspecified atom stereocenters. The lowest BCUT2D eigenvalue weighted by molar-refractivity contribution is -0.384. The van der Waals surface area contributed by atoms with Gasteiger partial charge in [0.1, 0.15) is 0 Å². The quantitative estimate of drug-likeness (QED) is 0.137. The highest BCUT2D eigenvalue weighted by molar-refractivity contribution is 8.16. The number of esters is 1. The number of aryl methyl sites for hydroxylation is 1. The summed E-state index contributed by atoms with van der Waals surface area (Å²) in [6.07, 6.45) is 0.922. The third-order valence-corrected chi connectivity index (χ3v) is 8.40. The van der Waals surface area contributed by atoms with Gasteiger partial charge in [-0.25, -0.2) is 14.8 Å². The van der Waals surface area contributed by atoms with Gasteiger partial charge in [0.25, 0.3) is 5.69 Å². The molecule has 0 bridgehead atoms. The zero-order valence-electron chi connectivity index (χ0n) is 23.0. The van der Waals surface area contributed by atoms with Crippen molar-refractivity contribution in [2.75, 3.05) is 16.6 Å². The number of carbonyl (C=O) groups excluding carboxylic acids is 1. The van der Waals surface area contributed by atoms with Crippen LogP contribution in [0.1, 0.15) is 36.1 Å². The van der Waals surface area contributed by atoms with Gasteiger partial charge in [-0.3, -0.25) is 10.1 Å². The number of hydrazone groups is 2. The summed E-state index contributed by atoms with van der Waals surface area (Å²) in [5, 5.41) is 25.4. The lowest BCUT2D eigenvalue weighted by Gasteiger charge is -2.47. The van der Waals surface area contributed by atoms with Crippen molar-refractivity contribution in [2.45, 2.75) is 25.3 Å². The number of anilines is 2. The predicted octanol–water partition coefficient (Wildman–Crippen LogP) is 6.67. The number of benzene rings is 4. The van der Waals surface area contributed by atoms with E-state index < -0.39 is 15.9 Å². The Labute approximate surface area is 247 Å². The van der Waals surface area contributed by atoms with Crippen LogP contribution in [0.25, 0.3) is 0 Å². The first-order chi connectivity index (χ1) is 20.5. The van der Waals surface area contributed by atoms with Gasteiger partial charge < -0.3 is 4.74 Å². The summed E-state index contributed by atoms with van der Waals surface area (Å²) in [7, 11) is 0. The van der Waals surface area contributed by atoms with Crippen LogP contribution in [0.15, 0.2) is 113 Å². The molecule has 210 valence electrons. The molecule has 4 aromatic rings. The number of nitrogens with zero attached hydrogens (tertiary/aromatic N) is 5. The van der Waals surface area contributed by atoms with Crippen molar-refractivity contribution in [2.24, 2.45) is 10.2 Å². The molecule has 1 atom stereocenters. The summed E-state index contributed by atoms with van der Waals surface area (Å²) in [5.41, 5.74) is 5.67. The first-order valence-corrected chi connectivity index (χ1v) is 14.4. The van der Waals surface area contributed by atoms with E-state index in [2.05, 4.69) is 31.2 Å². The van der Waals surface area contributed by atoms with Crippen molar-refractivity contribution in [1.29, 1.82) is 0 Å². The molecule has 0 saturated carbocycles. The number of hydrogen-bond acceptors (Lipinski definition) is 9. The van der Waals surface area contributed by atoms with Gasteiger partial charge in [0, 0.05) is 28.8 Å². The molecule has 0 amide bonds. The smallest absolute Gasteiger partial charge is 0.365 e. The minimum atomic E-state index is -1.25. The van der Waals surface area contributed by atoms with E-state index in [1.54, 1.807) is 24.1 Å². The van der Waals surface area contributed by atoms with E-state index in [1.165, 1.54) is 29.5 Å². The van der Waals surface area contributed by atoms with Crippen LogP contribution >= 0.6 is 11.8 Å². The second kappa shape index (κ2) is 11.1. The average Bonchev–Trinajstić information content (AvgIpc) is 3.43. The second-order valence-electron chi connectivity index (χ2n) is 9.62. The zero-order valence-corrected chi connectivity index (χ0v) is 23.8. The number of nitro benzene ring substituents is 1. The van der Waals surface area contributed by atoms with Gasteiger partial charge in [0.05, 0.1) is 28.6 Å². The van der Waals surface area contributed by atoms with E-state index in [0.717, 1.165) is 34.5 Å². The number of para-hydroxylation sites is 1. The summed E-state index contributed by atoms with van der Waals surface area (Å²) < 4.78 is 5.37. The summed E-state index contributed by atoms with van der Waals surface area (Å²) in [6, 6.07) is 32.0. The molecule has 2 aliphatic rings.